The monoisotopic (exact) mass is 243 g/mol. The second-order valence-corrected chi connectivity index (χ2v) is 4.19. The summed E-state index contributed by atoms with van der Waals surface area (Å²) >= 11 is 5.86. The summed E-state index contributed by atoms with van der Waals surface area (Å²) in [5, 5.41) is 7.16. The molecule has 1 aromatic heterocycles. The van der Waals surface area contributed by atoms with Crippen molar-refractivity contribution in [2.45, 2.75) is 32.6 Å². The van der Waals surface area contributed by atoms with Crippen molar-refractivity contribution < 1.29 is 4.79 Å². The fourth-order valence-corrected chi connectivity index (χ4v) is 1.76. The Hall–Kier alpha value is -1.03. The van der Waals surface area contributed by atoms with Gasteiger partial charge in [-0.05, 0) is 6.42 Å². The van der Waals surface area contributed by atoms with Crippen LogP contribution < -0.4 is 5.32 Å². The maximum atomic E-state index is 11.7. The standard InChI is InChI=1S/C11H18ClN3O/c1-3-4-5-6-7-13-11(16)10-9(12)8-14-15(10)2/h8H,3-7H2,1-2H3,(H,13,16). The number of aryl methyl sites for hydroxylation is 1. The first-order valence-electron chi connectivity index (χ1n) is 5.62. The van der Waals surface area contributed by atoms with E-state index in [0.29, 0.717) is 17.3 Å². The van der Waals surface area contributed by atoms with Crippen molar-refractivity contribution in [2.75, 3.05) is 6.54 Å². The van der Waals surface area contributed by atoms with Gasteiger partial charge >= 0.3 is 0 Å². The van der Waals surface area contributed by atoms with Crippen molar-refractivity contribution in [1.29, 1.82) is 0 Å². The van der Waals surface area contributed by atoms with Crippen molar-refractivity contribution in [3.63, 3.8) is 0 Å². The van der Waals surface area contributed by atoms with E-state index in [2.05, 4.69) is 17.3 Å². The van der Waals surface area contributed by atoms with Gasteiger partial charge in [0.25, 0.3) is 5.91 Å². The quantitative estimate of drug-likeness (QED) is 0.780. The maximum Gasteiger partial charge on any atom is 0.271 e. The lowest BCUT2D eigenvalue weighted by Crippen LogP contribution is -2.26. The van der Waals surface area contributed by atoms with E-state index >= 15 is 0 Å². The van der Waals surface area contributed by atoms with Gasteiger partial charge in [0, 0.05) is 13.6 Å². The van der Waals surface area contributed by atoms with Crippen LogP contribution in [0.2, 0.25) is 5.02 Å². The van der Waals surface area contributed by atoms with Crippen LogP contribution in [0.4, 0.5) is 0 Å². The number of halogens is 1. The second kappa shape index (κ2) is 6.53. The van der Waals surface area contributed by atoms with Crippen molar-refractivity contribution in [1.82, 2.24) is 15.1 Å². The van der Waals surface area contributed by atoms with Gasteiger partial charge in [0.15, 0.2) is 0 Å². The molecule has 0 atom stereocenters. The zero-order valence-corrected chi connectivity index (χ0v) is 10.5. The van der Waals surface area contributed by atoms with Gasteiger partial charge in [-0.25, -0.2) is 0 Å². The van der Waals surface area contributed by atoms with Crippen LogP contribution in [0.5, 0.6) is 0 Å². The molecule has 0 radical (unpaired) electrons. The van der Waals surface area contributed by atoms with Crippen molar-refractivity contribution in [3.05, 3.63) is 16.9 Å². The first-order valence-corrected chi connectivity index (χ1v) is 6.00. The Morgan fingerprint density at radius 1 is 1.50 bits per heavy atom. The minimum atomic E-state index is -0.151. The Morgan fingerprint density at radius 2 is 2.25 bits per heavy atom. The molecule has 4 nitrogen and oxygen atoms in total. The number of rotatable bonds is 6. The van der Waals surface area contributed by atoms with Crippen LogP contribution in [0.1, 0.15) is 43.1 Å². The molecule has 0 bridgehead atoms. The molecular weight excluding hydrogens is 226 g/mol. The van der Waals surface area contributed by atoms with E-state index in [1.165, 1.54) is 23.7 Å². The van der Waals surface area contributed by atoms with Gasteiger partial charge in [-0.1, -0.05) is 37.8 Å². The fourth-order valence-electron chi connectivity index (χ4n) is 1.50. The molecule has 1 aromatic rings. The van der Waals surface area contributed by atoms with Crippen molar-refractivity contribution in [2.24, 2.45) is 7.05 Å². The average Bonchev–Trinajstić information content (AvgIpc) is 2.58. The molecule has 0 aromatic carbocycles. The summed E-state index contributed by atoms with van der Waals surface area (Å²) in [6.45, 7) is 2.86. The summed E-state index contributed by atoms with van der Waals surface area (Å²) < 4.78 is 1.49. The summed E-state index contributed by atoms with van der Waals surface area (Å²) in [5.74, 6) is -0.151. The summed E-state index contributed by atoms with van der Waals surface area (Å²) in [7, 11) is 1.71. The van der Waals surface area contributed by atoms with Crippen molar-refractivity contribution in [3.8, 4) is 0 Å². The number of nitrogens with one attached hydrogen (secondary N) is 1. The maximum absolute atomic E-state index is 11.7. The van der Waals surface area contributed by atoms with Gasteiger partial charge in [0.05, 0.1) is 11.2 Å². The van der Waals surface area contributed by atoms with E-state index < -0.39 is 0 Å². The highest BCUT2D eigenvalue weighted by molar-refractivity contribution is 6.33. The van der Waals surface area contributed by atoms with E-state index in [-0.39, 0.29) is 5.91 Å². The number of unbranched alkanes of at least 4 members (excludes halogenated alkanes) is 3. The van der Waals surface area contributed by atoms with Crippen LogP contribution in [-0.4, -0.2) is 22.2 Å². The third kappa shape index (κ3) is 3.52. The SMILES string of the molecule is CCCCCCNC(=O)c1c(Cl)cnn1C. The average molecular weight is 244 g/mol. The van der Waals surface area contributed by atoms with Gasteiger partial charge in [-0.3, -0.25) is 9.48 Å². The smallest absolute Gasteiger partial charge is 0.271 e. The third-order valence-electron chi connectivity index (χ3n) is 2.43. The summed E-state index contributed by atoms with van der Waals surface area (Å²) in [4.78, 5) is 11.7. The molecule has 1 heterocycles. The largest absolute Gasteiger partial charge is 0.351 e. The van der Waals surface area contributed by atoms with E-state index in [0.717, 1.165) is 12.8 Å². The molecule has 90 valence electrons. The Morgan fingerprint density at radius 3 is 2.81 bits per heavy atom. The highest BCUT2D eigenvalue weighted by Crippen LogP contribution is 2.13. The number of hydrogen-bond acceptors (Lipinski definition) is 2. The highest BCUT2D eigenvalue weighted by Gasteiger charge is 2.14. The number of carbonyl (C=O) groups excluding carboxylic acids is 1. The molecule has 5 heteroatoms. The lowest BCUT2D eigenvalue weighted by atomic mass is 10.2. The predicted octanol–water partition coefficient (Wildman–Crippen LogP) is 2.38. The molecule has 1 N–H and O–H groups in total. The Balaban J connectivity index is 2.36. The van der Waals surface area contributed by atoms with Gasteiger partial charge in [0.2, 0.25) is 0 Å². The van der Waals surface area contributed by atoms with Crippen molar-refractivity contribution >= 4 is 17.5 Å². The molecule has 0 saturated heterocycles. The number of aromatic nitrogens is 2. The van der Waals surface area contributed by atoms with E-state index in [4.69, 9.17) is 11.6 Å². The molecule has 0 spiro atoms. The first-order chi connectivity index (χ1) is 7.66. The second-order valence-electron chi connectivity index (χ2n) is 3.78. The zero-order valence-electron chi connectivity index (χ0n) is 9.79. The van der Waals surface area contributed by atoms with E-state index in [1.54, 1.807) is 7.05 Å². The molecular formula is C11H18ClN3O. The van der Waals surface area contributed by atoms with Crippen LogP contribution in [-0.2, 0) is 7.05 Å². The van der Waals surface area contributed by atoms with Crippen LogP contribution in [0.3, 0.4) is 0 Å². The fraction of sp³-hybridized carbons (Fsp3) is 0.636. The number of amides is 1. The third-order valence-corrected chi connectivity index (χ3v) is 2.70. The van der Waals surface area contributed by atoms with Gasteiger partial charge < -0.3 is 5.32 Å². The van der Waals surface area contributed by atoms with Gasteiger partial charge in [-0.2, -0.15) is 5.10 Å². The van der Waals surface area contributed by atoms with E-state index in [1.807, 2.05) is 0 Å². The molecule has 16 heavy (non-hydrogen) atoms. The highest BCUT2D eigenvalue weighted by atomic mass is 35.5. The molecule has 0 unspecified atom stereocenters. The Bertz CT molecular complexity index is 329. The lowest BCUT2D eigenvalue weighted by molar-refractivity contribution is 0.0943. The van der Waals surface area contributed by atoms with Gasteiger partial charge in [-0.15, -0.1) is 0 Å². The Labute approximate surface area is 101 Å². The van der Waals surface area contributed by atoms with Crippen LogP contribution in [0.15, 0.2) is 6.20 Å². The van der Waals surface area contributed by atoms with E-state index in [9.17, 15) is 4.79 Å². The predicted molar refractivity (Wildman–Crippen MR) is 64.7 cm³/mol. The number of nitrogens with zero attached hydrogens (tertiary/aromatic N) is 2. The molecule has 0 aliphatic heterocycles. The number of hydrogen-bond donors (Lipinski definition) is 1. The summed E-state index contributed by atoms with van der Waals surface area (Å²) in [6.07, 6.45) is 6.04. The molecule has 0 aliphatic carbocycles. The summed E-state index contributed by atoms with van der Waals surface area (Å²) in [5.41, 5.74) is 0.428. The number of carbonyl (C=O) groups is 1. The van der Waals surface area contributed by atoms with Crippen LogP contribution >= 0.6 is 11.6 Å². The molecule has 0 saturated carbocycles. The molecule has 1 rings (SSSR count). The topological polar surface area (TPSA) is 46.9 Å². The Kier molecular flexibility index (Phi) is 5.32. The summed E-state index contributed by atoms with van der Waals surface area (Å²) in [6, 6.07) is 0. The first kappa shape index (κ1) is 13.0. The molecule has 1 amide bonds. The van der Waals surface area contributed by atoms with Crippen LogP contribution in [0, 0.1) is 0 Å². The van der Waals surface area contributed by atoms with Gasteiger partial charge in [0.1, 0.15) is 5.69 Å². The molecule has 0 fully saturated rings. The van der Waals surface area contributed by atoms with Crippen LogP contribution in [0.25, 0.3) is 0 Å². The zero-order chi connectivity index (χ0) is 12.0. The minimum Gasteiger partial charge on any atom is -0.351 e. The minimum absolute atomic E-state index is 0.151. The lowest BCUT2D eigenvalue weighted by Gasteiger charge is -2.05. The normalized spacial score (nSPS) is 10.4. The molecule has 0 aliphatic rings.